The van der Waals surface area contributed by atoms with Crippen LogP contribution in [0.1, 0.15) is 37.9 Å². The van der Waals surface area contributed by atoms with Gasteiger partial charge in [0.25, 0.3) is 5.56 Å². The van der Waals surface area contributed by atoms with Crippen LogP contribution in [0.2, 0.25) is 0 Å². The molecule has 4 rings (SSSR count). The number of para-hydroxylation sites is 1. The number of methoxy groups -OCH3 is 1. The molecule has 1 atom stereocenters. The number of carbonyl (C=O) groups is 1. The molecule has 8 nitrogen and oxygen atoms in total. The number of esters is 1. The number of ether oxygens (including phenoxy) is 4. The smallest absolute Gasteiger partial charge is 0.338 e. The largest absolute Gasteiger partial charge is 0.494 e. The van der Waals surface area contributed by atoms with Crippen LogP contribution < -0.4 is 29.1 Å². The van der Waals surface area contributed by atoms with Gasteiger partial charge in [0.1, 0.15) is 12.4 Å². The molecule has 196 valence electrons. The molecular formula is C29H28N2O6S. The van der Waals surface area contributed by atoms with E-state index in [0.717, 1.165) is 5.56 Å². The molecule has 2 aromatic carbocycles. The number of hydrogen-bond acceptors (Lipinski definition) is 8. The Kier molecular flexibility index (Phi) is 8.34. The van der Waals surface area contributed by atoms with Crippen molar-refractivity contribution < 1.29 is 23.7 Å². The molecule has 0 spiro atoms. The first-order chi connectivity index (χ1) is 18.4. The molecule has 38 heavy (non-hydrogen) atoms. The summed E-state index contributed by atoms with van der Waals surface area (Å²) in [5.74, 6) is 3.56. The summed E-state index contributed by atoms with van der Waals surface area (Å²) in [5.41, 5.74) is 1.87. The van der Waals surface area contributed by atoms with Crippen molar-refractivity contribution in [3.8, 4) is 29.6 Å². The monoisotopic (exact) mass is 532 g/mol. The molecule has 0 amide bonds. The quantitative estimate of drug-likeness (QED) is 0.311. The Morgan fingerprint density at radius 2 is 1.92 bits per heavy atom. The molecule has 2 heterocycles. The lowest BCUT2D eigenvalue weighted by atomic mass is 9.96. The van der Waals surface area contributed by atoms with E-state index >= 15 is 0 Å². The van der Waals surface area contributed by atoms with Crippen LogP contribution in [0.5, 0.6) is 17.2 Å². The Bertz CT molecular complexity index is 1590. The summed E-state index contributed by atoms with van der Waals surface area (Å²) in [6, 6.07) is 12.0. The van der Waals surface area contributed by atoms with Crippen molar-refractivity contribution in [2.45, 2.75) is 26.8 Å². The number of terminal acetylenes is 1. The molecule has 9 heteroatoms. The predicted octanol–water partition coefficient (Wildman–Crippen LogP) is 3.22. The van der Waals surface area contributed by atoms with Gasteiger partial charge in [0, 0.05) is 5.56 Å². The van der Waals surface area contributed by atoms with Gasteiger partial charge >= 0.3 is 5.97 Å². The second-order valence-corrected chi connectivity index (χ2v) is 9.18. The number of nitrogens with zero attached hydrogens (tertiary/aromatic N) is 2. The SMILES string of the molecule is C#CCOc1c(/C=c2\sc3n(c2=O)[C@H](c2ccc(OCC)cc2)C(C(=O)OCC)=C(C)N=3)cccc1OC. The summed E-state index contributed by atoms with van der Waals surface area (Å²) < 4.78 is 24.0. The van der Waals surface area contributed by atoms with Crippen molar-refractivity contribution in [1.82, 2.24) is 4.57 Å². The van der Waals surface area contributed by atoms with E-state index in [1.807, 2.05) is 37.3 Å². The maximum absolute atomic E-state index is 13.9. The van der Waals surface area contributed by atoms with Crippen LogP contribution in [0.15, 0.2) is 63.5 Å². The number of allylic oxidation sites excluding steroid dienone is 1. The highest BCUT2D eigenvalue weighted by molar-refractivity contribution is 7.07. The second kappa shape index (κ2) is 11.8. The molecule has 3 aromatic rings. The number of hydrogen-bond donors (Lipinski definition) is 0. The van der Waals surface area contributed by atoms with Crippen molar-refractivity contribution >= 4 is 23.4 Å². The van der Waals surface area contributed by atoms with Crippen molar-refractivity contribution in [3.05, 3.63) is 84.5 Å². The lowest BCUT2D eigenvalue weighted by Gasteiger charge is -2.24. The van der Waals surface area contributed by atoms with E-state index in [1.165, 1.54) is 23.0 Å². The van der Waals surface area contributed by atoms with Gasteiger partial charge in [0.15, 0.2) is 16.3 Å². The number of rotatable bonds is 9. The summed E-state index contributed by atoms with van der Waals surface area (Å²) >= 11 is 1.22. The average Bonchev–Trinajstić information content (AvgIpc) is 3.21. The number of carbonyl (C=O) groups excluding carboxylic acids is 1. The standard InChI is InChI=1S/C29H28N2O6S/c1-6-16-37-26-20(10-9-11-22(26)34-5)17-23-27(32)31-25(19-12-14-21(15-13-19)35-7-2)24(28(33)36-8-3)18(4)30-29(31)38-23/h1,9-15,17,25H,7-8,16H2,2-5H3/b23-17-/t25-/m1/s1. The first kappa shape index (κ1) is 26.8. The Hall–Kier alpha value is -4.29. The Labute approximate surface area is 224 Å². The summed E-state index contributed by atoms with van der Waals surface area (Å²) in [7, 11) is 1.53. The van der Waals surface area contributed by atoms with Crippen molar-refractivity contribution in [2.24, 2.45) is 4.99 Å². The number of benzene rings is 2. The summed E-state index contributed by atoms with van der Waals surface area (Å²) in [6.07, 6.45) is 7.11. The van der Waals surface area contributed by atoms with Crippen molar-refractivity contribution in [3.63, 3.8) is 0 Å². The van der Waals surface area contributed by atoms with Gasteiger partial charge in [-0.15, -0.1) is 6.42 Å². The van der Waals surface area contributed by atoms with Gasteiger partial charge in [-0.3, -0.25) is 9.36 Å². The van der Waals surface area contributed by atoms with E-state index in [2.05, 4.69) is 10.9 Å². The summed E-state index contributed by atoms with van der Waals surface area (Å²) in [5, 5.41) is 0. The van der Waals surface area contributed by atoms with Crippen LogP contribution in [0, 0.1) is 12.3 Å². The molecule has 1 aliphatic rings. The van der Waals surface area contributed by atoms with Crippen molar-refractivity contribution in [1.29, 1.82) is 0 Å². The predicted molar refractivity (Wildman–Crippen MR) is 145 cm³/mol. The molecule has 0 fully saturated rings. The molecule has 0 aliphatic carbocycles. The van der Waals surface area contributed by atoms with Crippen LogP contribution in [0.3, 0.4) is 0 Å². The van der Waals surface area contributed by atoms with Gasteiger partial charge < -0.3 is 18.9 Å². The summed E-state index contributed by atoms with van der Waals surface area (Å²) in [4.78, 5) is 32.0. The van der Waals surface area contributed by atoms with Crippen molar-refractivity contribution in [2.75, 3.05) is 26.9 Å². The average molecular weight is 533 g/mol. The molecule has 0 unspecified atom stereocenters. The second-order valence-electron chi connectivity index (χ2n) is 8.18. The van der Waals surface area contributed by atoms with Gasteiger partial charge in [-0.1, -0.05) is 41.5 Å². The van der Waals surface area contributed by atoms with Gasteiger partial charge in [-0.2, -0.15) is 0 Å². The molecule has 1 aromatic heterocycles. The summed E-state index contributed by atoms with van der Waals surface area (Å²) in [6.45, 7) is 6.16. The van der Waals surface area contributed by atoms with Crippen LogP contribution in [-0.2, 0) is 9.53 Å². The zero-order valence-corrected chi connectivity index (χ0v) is 22.5. The van der Waals surface area contributed by atoms with Crippen LogP contribution in [0.25, 0.3) is 6.08 Å². The minimum atomic E-state index is -0.717. The minimum Gasteiger partial charge on any atom is -0.494 e. The van der Waals surface area contributed by atoms with Gasteiger partial charge in [-0.05, 0) is 50.6 Å². The zero-order chi connectivity index (χ0) is 27.2. The molecule has 0 saturated carbocycles. The van der Waals surface area contributed by atoms with E-state index in [9.17, 15) is 9.59 Å². The fourth-order valence-corrected chi connectivity index (χ4v) is 5.27. The minimum absolute atomic E-state index is 0.0439. The normalized spacial score (nSPS) is 14.8. The first-order valence-corrected chi connectivity index (χ1v) is 12.9. The first-order valence-electron chi connectivity index (χ1n) is 12.1. The van der Waals surface area contributed by atoms with Gasteiger partial charge in [0.2, 0.25) is 0 Å². The fraction of sp³-hybridized carbons (Fsp3) is 0.276. The third-order valence-electron chi connectivity index (χ3n) is 5.84. The molecule has 0 radical (unpaired) electrons. The maximum Gasteiger partial charge on any atom is 0.338 e. The van der Waals surface area contributed by atoms with Crippen LogP contribution in [0.4, 0.5) is 0 Å². The molecule has 0 bridgehead atoms. The maximum atomic E-state index is 13.9. The van der Waals surface area contributed by atoms with Crippen LogP contribution >= 0.6 is 11.3 Å². The van der Waals surface area contributed by atoms with E-state index in [1.54, 1.807) is 32.1 Å². The highest BCUT2D eigenvalue weighted by atomic mass is 32.1. The Balaban J connectivity index is 1.92. The van der Waals surface area contributed by atoms with E-state index in [0.29, 0.717) is 50.0 Å². The number of fused-ring (bicyclic) bond motifs is 1. The van der Waals surface area contributed by atoms with Gasteiger partial charge in [-0.25, -0.2) is 9.79 Å². The van der Waals surface area contributed by atoms with Gasteiger partial charge in [0.05, 0.1) is 42.2 Å². The molecule has 0 saturated heterocycles. The third kappa shape index (κ3) is 5.22. The lowest BCUT2D eigenvalue weighted by molar-refractivity contribution is -0.139. The highest BCUT2D eigenvalue weighted by Crippen LogP contribution is 2.33. The fourth-order valence-electron chi connectivity index (χ4n) is 4.24. The molecule has 1 aliphatic heterocycles. The molecule has 0 N–H and O–H groups in total. The van der Waals surface area contributed by atoms with E-state index in [-0.39, 0.29) is 18.8 Å². The Morgan fingerprint density at radius 1 is 1.16 bits per heavy atom. The zero-order valence-electron chi connectivity index (χ0n) is 21.6. The van der Waals surface area contributed by atoms with E-state index in [4.69, 9.17) is 25.4 Å². The number of thiazole rings is 1. The lowest BCUT2D eigenvalue weighted by Crippen LogP contribution is -2.39. The Morgan fingerprint density at radius 3 is 2.58 bits per heavy atom. The third-order valence-corrected chi connectivity index (χ3v) is 6.82. The number of aromatic nitrogens is 1. The van der Waals surface area contributed by atoms with Crippen LogP contribution in [-0.4, -0.2) is 37.5 Å². The highest BCUT2D eigenvalue weighted by Gasteiger charge is 2.33. The van der Waals surface area contributed by atoms with E-state index < -0.39 is 12.0 Å². The topological polar surface area (TPSA) is 88.4 Å². The molecular weight excluding hydrogens is 504 g/mol.